The van der Waals surface area contributed by atoms with E-state index < -0.39 is 0 Å². The third-order valence-corrected chi connectivity index (χ3v) is 6.24. The molecule has 0 amide bonds. The molecule has 4 aromatic heterocycles. The Labute approximate surface area is 187 Å². The Bertz CT molecular complexity index is 1190. The highest BCUT2D eigenvalue weighted by atomic mass is 16.5. The molecular formula is C24H29N7O. The van der Waals surface area contributed by atoms with Gasteiger partial charge in [-0.3, -0.25) is 10.1 Å². The van der Waals surface area contributed by atoms with Crippen molar-refractivity contribution in [3.05, 3.63) is 54.4 Å². The van der Waals surface area contributed by atoms with Gasteiger partial charge in [-0.15, -0.1) is 0 Å². The van der Waals surface area contributed by atoms with Crippen molar-refractivity contribution in [2.45, 2.75) is 45.3 Å². The summed E-state index contributed by atoms with van der Waals surface area (Å²) in [5, 5.41) is 8.31. The standard InChI is InChI=1S/C24H29N7O/c1-16(2)31-15-21(22-5-9-27-29-22)20-14-26-18(13-23(20)31)12-17-4-8-25-24(28-17)30-10-6-19(32-3)7-11-30/h4-5,8-9,13-16,19H,6-7,10-12H2,1-3H3,(H,27,29). The molecule has 1 saturated heterocycles. The van der Waals surface area contributed by atoms with E-state index >= 15 is 0 Å². The summed E-state index contributed by atoms with van der Waals surface area (Å²) in [5.74, 6) is 0.796. The molecule has 0 saturated carbocycles. The normalized spacial score (nSPS) is 15.2. The summed E-state index contributed by atoms with van der Waals surface area (Å²) < 4.78 is 7.78. The lowest BCUT2D eigenvalue weighted by molar-refractivity contribution is 0.0816. The minimum Gasteiger partial charge on any atom is -0.381 e. The number of anilines is 1. The van der Waals surface area contributed by atoms with Gasteiger partial charge in [0.1, 0.15) is 0 Å². The summed E-state index contributed by atoms with van der Waals surface area (Å²) in [6.07, 6.45) is 10.8. The first-order valence-electron chi connectivity index (χ1n) is 11.2. The van der Waals surface area contributed by atoms with Gasteiger partial charge in [-0.05, 0) is 44.9 Å². The average molecular weight is 432 g/mol. The molecule has 0 radical (unpaired) electrons. The Morgan fingerprint density at radius 1 is 1.12 bits per heavy atom. The Morgan fingerprint density at radius 2 is 1.97 bits per heavy atom. The quantitative estimate of drug-likeness (QED) is 0.497. The number of H-pyrrole nitrogens is 1. The molecule has 0 bridgehead atoms. The average Bonchev–Trinajstić information content (AvgIpc) is 3.47. The minimum atomic E-state index is 0.338. The molecule has 8 heteroatoms. The lowest BCUT2D eigenvalue weighted by Crippen LogP contribution is -2.37. The number of piperidine rings is 1. The summed E-state index contributed by atoms with van der Waals surface area (Å²) in [7, 11) is 1.79. The number of fused-ring (bicyclic) bond motifs is 1. The van der Waals surface area contributed by atoms with Crippen LogP contribution in [0.25, 0.3) is 22.2 Å². The molecule has 1 fully saturated rings. The van der Waals surface area contributed by atoms with Crippen molar-refractivity contribution < 1.29 is 4.74 Å². The fourth-order valence-electron chi connectivity index (χ4n) is 4.44. The van der Waals surface area contributed by atoms with Crippen molar-refractivity contribution in [3.8, 4) is 11.3 Å². The van der Waals surface area contributed by atoms with Crippen LogP contribution < -0.4 is 4.90 Å². The fraction of sp³-hybridized carbons (Fsp3) is 0.417. The molecule has 1 aliphatic rings. The second kappa shape index (κ2) is 8.70. The van der Waals surface area contributed by atoms with E-state index in [-0.39, 0.29) is 0 Å². The van der Waals surface area contributed by atoms with E-state index in [1.54, 1.807) is 13.3 Å². The van der Waals surface area contributed by atoms with Gasteiger partial charge in [-0.2, -0.15) is 5.10 Å². The summed E-state index contributed by atoms with van der Waals surface area (Å²) in [6, 6.07) is 6.49. The van der Waals surface area contributed by atoms with Crippen LogP contribution in [0.5, 0.6) is 0 Å². The number of nitrogens with one attached hydrogen (secondary N) is 1. The van der Waals surface area contributed by atoms with E-state index in [0.717, 1.165) is 59.9 Å². The van der Waals surface area contributed by atoms with Crippen molar-refractivity contribution in [1.82, 2.24) is 29.7 Å². The first-order valence-corrected chi connectivity index (χ1v) is 11.2. The first kappa shape index (κ1) is 20.6. The number of nitrogens with zero attached hydrogens (tertiary/aromatic N) is 6. The second-order valence-corrected chi connectivity index (χ2v) is 8.65. The molecule has 32 heavy (non-hydrogen) atoms. The molecule has 0 unspecified atom stereocenters. The number of methoxy groups -OCH3 is 1. The highest BCUT2D eigenvalue weighted by molar-refractivity contribution is 5.94. The van der Waals surface area contributed by atoms with E-state index in [1.165, 1.54) is 5.52 Å². The number of aromatic amines is 1. The van der Waals surface area contributed by atoms with E-state index in [4.69, 9.17) is 14.7 Å². The van der Waals surface area contributed by atoms with Crippen molar-refractivity contribution in [1.29, 1.82) is 0 Å². The SMILES string of the molecule is COC1CCN(c2nccc(Cc3cc4c(cn3)c(-c3ccn[nH]3)cn4C(C)C)n2)CC1. The minimum absolute atomic E-state index is 0.338. The molecule has 0 aliphatic carbocycles. The zero-order valence-corrected chi connectivity index (χ0v) is 18.8. The predicted octanol–water partition coefficient (Wildman–Crippen LogP) is 4.00. The van der Waals surface area contributed by atoms with Crippen molar-refractivity contribution in [3.63, 3.8) is 0 Å². The molecule has 0 spiro atoms. The van der Waals surface area contributed by atoms with Gasteiger partial charge in [0.25, 0.3) is 0 Å². The van der Waals surface area contributed by atoms with Crippen LogP contribution in [0.1, 0.15) is 44.1 Å². The van der Waals surface area contributed by atoms with E-state index in [1.807, 2.05) is 24.5 Å². The fourth-order valence-corrected chi connectivity index (χ4v) is 4.44. The third-order valence-electron chi connectivity index (χ3n) is 6.24. The number of pyridine rings is 1. The molecule has 1 aliphatic heterocycles. The maximum atomic E-state index is 5.48. The highest BCUT2D eigenvalue weighted by Crippen LogP contribution is 2.31. The molecule has 166 valence electrons. The van der Waals surface area contributed by atoms with Gasteiger partial charge in [0.05, 0.1) is 23.0 Å². The Balaban J connectivity index is 1.42. The molecule has 5 rings (SSSR count). The van der Waals surface area contributed by atoms with Crippen molar-refractivity contribution in [2.75, 3.05) is 25.1 Å². The highest BCUT2D eigenvalue weighted by Gasteiger charge is 2.21. The molecule has 0 atom stereocenters. The van der Waals surface area contributed by atoms with Crippen molar-refractivity contribution >= 4 is 16.9 Å². The lowest BCUT2D eigenvalue weighted by Gasteiger charge is -2.31. The smallest absolute Gasteiger partial charge is 0.225 e. The summed E-state index contributed by atoms with van der Waals surface area (Å²) in [5.41, 5.74) is 5.27. The molecule has 5 heterocycles. The number of aromatic nitrogens is 6. The van der Waals surface area contributed by atoms with Gasteiger partial charge in [0, 0.05) is 74.1 Å². The predicted molar refractivity (Wildman–Crippen MR) is 125 cm³/mol. The maximum absolute atomic E-state index is 5.48. The van der Waals surface area contributed by atoms with Crippen LogP contribution in [0.4, 0.5) is 5.95 Å². The Morgan fingerprint density at radius 3 is 2.69 bits per heavy atom. The topological polar surface area (TPSA) is 84.8 Å². The number of rotatable bonds is 6. The zero-order chi connectivity index (χ0) is 22.1. The first-order chi connectivity index (χ1) is 15.6. The maximum Gasteiger partial charge on any atom is 0.225 e. The Kier molecular flexibility index (Phi) is 5.61. The van der Waals surface area contributed by atoms with Crippen LogP contribution in [-0.2, 0) is 11.2 Å². The van der Waals surface area contributed by atoms with Crippen LogP contribution in [-0.4, -0.2) is 56.0 Å². The Hall–Kier alpha value is -3.26. The lowest BCUT2D eigenvalue weighted by atomic mass is 10.1. The second-order valence-electron chi connectivity index (χ2n) is 8.65. The van der Waals surface area contributed by atoms with Crippen LogP contribution in [0.3, 0.4) is 0 Å². The van der Waals surface area contributed by atoms with Crippen LogP contribution in [0.2, 0.25) is 0 Å². The van der Waals surface area contributed by atoms with Gasteiger partial charge >= 0.3 is 0 Å². The van der Waals surface area contributed by atoms with E-state index in [0.29, 0.717) is 18.6 Å². The third kappa shape index (κ3) is 3.98. The largest absolute Gasteiger partial charge is 0.381 e. The summed E-state index contributed by atoms with van der Waals surface area (Å²) >= 11 is 0. The molecular weight excluding hydrogens is 402 g/mol. The van der Waals surface area contributed by atoms with E-state index in [2.05, 4.69) is 50.8 Å². The van der Waals surface area contributed by atoms with Gasteiger partial charge in [-0.25, -0.2) is 9.97 Å². The monoisotopic (exact) mass is 431 g/mol. The summed E-state index contributed by atoms with van der Waals surface area (Å²) in [4.78, 5) is 16.4. The number of hydrogen-bond donors (Lipinski definition) is 1. The van der Waals surface area contributed by atoms with E-state index in [9.17, 15) is 0 Å². The molecule has 4 aromatic rings. The number of hydrogen-bond acceptors (Lipinski definition) is 6. The number of ether oxygens (including phenoxy) is 1. The van der Waals surface area contributed by atoms with Gasteiger partial charge in [0.15, 0.2) is 0 Å². The summed E-state index contributed by atoms with van der Waals surface area (Å²) in [6.45, 7) is 6.23. The van der Waals surface area contributed by atoms with Crippen LogP contribution >= 0.6 is 0 Å². The van der Waals surface area contributed by atoms with Gasteiger partial charge in [-0.1, -0.05) is 0 Å². The molecule has 1 N–H and O–H groups in total. The van der Waals surface area contributed by atoms with Gasteiger partial charge in [0.2, 0.25) is 5.95 Å². The van der Waals surface area contributed by atoms with Crippen LogP contribution in [0.15, 0.2) is 43.0 Å². The van der Waals surface area contributed by atoms with Crippen LogP contribution in [0, 0.1) is 0 Å². The zero-order valence-electron chi connectivity index (χ0n) is 18.8. The molecule has 0 aromatic carbocycles. The molecule has 8 nitrogen and oxygen atoms in total. The van der Waals surface area contributed by atoms with Crippen molar-refractivity contribution in [2.24, 2.45) is 0 Å². The van der Waals surface area contributed by atoms with Gasteiger partial charge < -0.3 is 14.2 Å².